The molecule has 0 spiro atoms. The SMILES string of the molecule is CC(C)NCc1ccc(OCc2cccc(F)c2F)cc1. The average Bonchev–Trinajstić information content (AvgIpc) is 2.48. The van der Waals surface area contributed by atoms with Gasteiger partial charge in [0.05, 0.1) is 0 Å². The lowest BCUT2D eigenvalue weighted by atomic mass is 10.2. The molecule has 4 heteroatoms. The highest BCUT2D eigenvalue weighted by molar-refractivity contribution is 5.28. The van der Waals surface area contributed by atoms with Crippen molar-refractivity contribution in [2.24, 2.45) is 0 Å². The van der Waals surface area contributed by atoms with Crippen LogP contribution in [-0.4, -0.2) is 6.04 Å². The van der Waals surface area contributed by atoms with Gasteiger partial charge in [-0.05, 0) is 23.8 Å². The van der Waals surface area contributed by atoms with Gasteiger partial charge in [0.2, 0.25) is 0 Å². The van der Waals surface area contributed by atoms with Crippen molar-refractivity contribution in [2.45, 2.75) is 33.0 Å². The van der Waals surface area contributed by atoms with Gasteiger partial charge in [0.25, 0.3) is 0 Å². The predicted molar refractivity (Wildman–Crippen MR) is 79.1 cm³/mol. The number of ether oxygens (including phenoxy) is 1. The molecule has 0 saturated heterocycles. The summed E-state index contributed by atoms with van der Waals surface area (Å²) in [6.07, 6.45) is 0. The lowest BCUT2D eigenvalue weighted by molar-refractivity contribution is 0.297. The minimum atomic E-state index is -0.855. The molecule has 0 amide bonds. The van der Waals surface area contributed by atoms with Crippen LogP contribution in [0.25, 0.3) is 0 Å². The maximum atomic E-state index is 13.5. The van der Waals surface area contributed by atoms with Crippen LogP contribution in [0.2, 0.25) is 0 Å². The van der Waals surface area contributed by atoms with Crippen LogP contribution >= 0.6 is 0 Å². The van der Waals surface area contributed by atoms with Gasteiger partial charge in [-0.2, -0.15) is 0 Å². The maximum Gasteiger partial charge on any atom is 0.165 e. The number of hydrogen-bond acceptors (Lipinski definition) is 2. The van der Waals surface area contributed by atoms with Crippen molar-refractivity contribution in [3.8, 4) is 5.75 Å². The number of benzene rings is 2. The van der Waals surface area contributed by atoms with Gasteiger partial charge in [-0.3, -0.25) is 0 Å². The van der Waals surface area contributed by atoms with Crippen molar-refractivity contribution in [1.82, 2.24) is 5.32 Å². The highest BCUT2D eigenvalue weighted by Crippen LogP contribution is 2.17. The van der Waals surface area contributed by atoms with Gasteiger partial charge in [-0.1, -0.05) is 38.1 Å². The Morgan fingerprint density at radius 2 is 1.76 bits per heavy atom. The predicted octanol–water partition coefficient (Wildman–Crippen LogP) is 4.04. The summed E-state index contributed by atoms with van der Waals surface area (Å²) in [5.41, 5.74) is 1.36. The Bertz CT molecular complexity index is 582. The van der Waals surface area contributed by atoms with E-state index in [1.165, 1.54) is 12.1 Å². The third-order valence-corrected chi connectivity index (χ3v) is 3.06. The number of hydrogen-bond donors (Lipinski definition) is 1. The van der Waals surface area contributed by atoms with Gasteiger partial charge in [-0.25, -0.2) is 8.78 Å². The zero-order chi connectivity index (χ0) is 15.2. The Morgan fingerprint density at radius 1 is 1.05 bits per heavy atom. The van der Waals surface area contributed by atoms with Crippen molar-refractivity contribution in [2.75, 3.05) is 0 Å². The van der Waals surface area contributed by atoms with Crippen LogP contribution in [0.15, 0.2) is 42.5 Å². The summed E-state index contributed by atoms with van der Waals surface area (Å²) in [6.45, 7) is 4.97. The van der Waals surface area contributed by atoms with E-state index in [1.807, 2.05) is 24.3 Å². The average molecular weight is 291 g/mol. The first-order chi connectivity index (χ1) is 10.1. The fraction of sp³-hybridized carbons (Fsp3) is 0.294. The molecule has 1 N–H and O–H groups in total. The molecule has 0 fully saturated rings. The molecule has 0 aliphatic heterocycles. The first-order valence-electron chi connectivity index (χ1n) is 6.94. The molecule has 21 heavy (non-hydrogen) atoms. The summed E-state index contributed by atoms with van der Waals surface area (Å²) >= 11 is 0. The summed E-state index contributed by atoms with van der Waals surface area (Å²) in [5, 5.41) is 3.32. The van der Waals surface area contributed by atoms with Crippen LogP contribution in [0.4, 0.5) is 8.78 Å². The monoisotopic (exact) mass is 291 g/mol. The number of nitrogens with one attached hydrogen (secondary N) is 1. The highest BCUT2D eigenvalue weighted by Gasteiger charge is 2.08. The van der Waals surface area contributed by atoms with E-state index in [1.54, 1.807) is 0 Å². The second-order valence-corrected chi connectivity index (χ2v) is 5.18. The van der Waals surface area contributed by atoms with Gasteiger partial charge in [-0.15, -0.1) is 0 Å². The first kappa shape index (κ1) is 15.4. The topological polar surface area (TPSA) is 21.3 Å². The molecule has 112 valence electrons. The van der Waals surface area contributed by atoms with Crippen LogP contribution in [0.5, 0.6) is 5.75 Å². The minimum Gasteiger partial charge on any atom is -0.489 e. The maximum absolute atomic E-state index is 13.5. The zero-order valence-corrected chi connectivity index (χ0v) is 12.2. The van der Waals surface area contributed by atoms with Crippen molar-refractivity contribution in [3.05, 3.63) is 65.2 Å². The molecule has 0 aliphatic rings. The van der Waals surface area contributed by atoms with Gasteiger partial charge in [0.15, 0.2) is 11.6 Å². The van der Waals surface area contributed by atoms with Crippen molar-refractivity contribution < 1.29 is 13.5 Å². The van der Waals surface area contributed by atoms with E-state index in [0.29, 0.717) is 11.8 Å². The zero-order valence-electron chi connectivity index (χ0n) is 12.2. The molecule has 0 heterocycles. The molecule has 0 bridgehead atoms. The normalized spacial score (nSPS) is 10.9. The van der Waals surface area contributed by atoms with E-state index in [2.05, 4.69) is 19.2 Å². The van der Waals surface area contributed by atoms with Crippen molar-refractivity contribution >= 4 is 0 Å². The first-order valence-corrected chi connectivity index (χ1v) is 6.94. The fourth-order valence-corrected chi connectivity index (χ4v) is 1.85. The Balaban J connectivity index is 1.93. The summed E-state index contributed by atoms with van der Waals surface area (Å²) in [6, 6.07) is 12.1. The molecular formula is C17H19F2NO. The molecule has 2 aromatic rings. The lowest BCUT2D eigenvalue weighted by Gasteiger charge is -2.10. The van der Waals surface area contributed by atoms with E-state index in [-0.39, 0.29) is 12.2 Å². The largest absolute Gasteiger partial charge is 0.489 e. The second-order valence-electron chi connectivity index (χ2n) is 5.18. The molecule has 0 atom stereocenters. The van der Waals surface area contributed by atoms with E-state index in [0.717, 1.165) is 18.2 Å². The molecule has 0 radical (unpaired) electrons. The Kier molecular flexibility index (Phi) is 5.28. The van der Waals surface area contributed by atoms with E-state index < -0.39 is 11.6 Å². The third-order valence-electron chi connectivity index (χ3n) is 3.06. The van der Waals surface area contributed by atoms with E-state index in [9.17, 15) is 8.78 Å². The lowest BCUT2D eigenvalue weighted by Crippen LogP contribution is -2.21. The summed E-state index contributed by atoms with van der Waals surface area (Å²) in [4.78, 5) is 0. The molecule has 2 rings (SSSR count). The quantitative estimate of drug-likeness (QED) is 0.867. The standard InChI is InChI=1S/C17H19F2NO/c1-12(2)20-10-13-6-8-15(9-7-13)21-11-14-4-3-5-16(18)17(14)19/h3-9,12,20H,10-11H2,1-2H3. The van der Waals surface area contributed by atoms with Crippen molar-refractivity contribution in [3.63, 3.8) is 0 Å². The van der Waals surface area contributed by atoms with E-state index >= 15 is 0 Å². The van der Waals surface area contributed by atoms with Crippen LogP contribution in [0, 0.1) is 11.6 Å². The van der Waals surface area contributed by atoms with E-state index in [4.69, 9.17) is 4.74 Å². The molecule has 2 nitrogen and oxygen atoms in total. The summed E-state index contributed by atoms with van der Waals surface area (Å²) < 4.78 is 32.0. The molecule has 0 unspecified atom stereocenters. The van der Waals surface area contributed by atoms with Gasteiger partial charge >= 0.3 is 0 Å². The minimum absolute atomic E-state index is 0.00713. The second kappa shape index (κ2) is 7.18. The smallest absolute Gasteiger partial charge is 0.165 e. The fourth-order valence-electron chi connectivity index (χ4n) is 1.85. The van der Waals surface area contributed by atoms with Crippen molar-refractivity contribution in [1.29, 1.82) is 0 Å². The molecule has 0 aromatic heterocycles. The number of rotatable bonds is 6. The van der Waals surface area contributed by atoms with Crippen LogP contribution < -0.4 is 10.1 Å². The van der Waals surface area contributed by atoms with Crippen LogP contribution in [0.3, 0.4) is 0 Å². The third kappa shape index (κ3) is 4.53. The van der Waals surface area contributed by atoms with Crippen LogP contribution in [-0.2, 0) is 13.2 Å². The molecule has 0 saturated carbocycles. The number of halogens is 2. The van der Waals surface area contributed by atoms with Gasteiger partial charge in [0.1, 0.15) is 12.4 Å². The highest BCUT2D eigenvalue weighted by atomic mass is 19.2. The molecule has 2 aromatic carbocycles. The summed E-state index contributed by atoms with van der Waals surface area (Å²) in [5.74, 6) is -1.08. The Morgan fingerprint density at radius 3 is 2.43 bits per heavy atom. The Labute approximate surface area is 123 Å². The molecular weight excluding hydrogens is 272 g/mol. The van der Waals surface area contributed by atoms with Gasteiger partial charge in [0, 0.05) is 18.2 Å². The molecule has 0 aliphatic carbocycles. The van der Waals surface area contributed by atoms with Gasteiger partial charge < -0.3 is 10.1 Å². The summed E-state index contributed by atoms with van der Waals surface area (Å²) in [7, 11) is 0. The van der Waals surface area contributed by atoms with Crippen LogP contribution in [0.1, 0.15) is 25.0 Å². The Hall–Kier alpha value is -1.94.